The fourth-order valence-corrected chi connectivity index (χ4v) is 3.59. The van der Waals surface area contributed by atoms with Gasteiger partial charge >= 0.3 is 0 Å². The molecule has 18 heavy (non-hydrogen) atoms. The second-order valence-electron chi connectivity index (χ2n) is 4.30. The number of aryl methyl sites for hydroxylation is 3. The van der Waals surface area contributed by atoms with E-state index in [2.05, 4.69) is 32.9 Å². The molecule has 2 rings (SSSR count). The minimum absolute atomic E-state index is 0.0195. The molecular formula is C12H17BrN4S. The summed E-state index contributed by atoms with van der Waals surface area (Å²) in [5, 5.41) is 4.49. The van der Waals surface area contributed by atoms with E-state index in [9.17, 15) is 0 Å². The van der Waals surface area contributed by atoms with Crippen molar-refractivity contribution < 1.29 is 0 Å². The van der Waals surface area contributed by atoms with Crippen LogP contribution in [-0.4, -0.2) is 14.8 Å². The molecule has 4 nitrogen and oxygen atoms in total. The second kappa shape index (κ2) is 5.50. The van der Waals surface area contributed by atoms with Gasteiger partial charge in [0.15, 0.2) is 0 Å². The van der Waals surface area contributed by atoms with Gasteiger partial charge in [0, 0.05) is 24.4 Å². The van der Waals surface area contributed by atoms with Crippen molar-refractivity contribution in [2.45, 2.75) is 32.7 Å². The van der Waals surface area contributed by atoms with Gasteiger partial charge in [-0.3, -0.25) is 4.68 Å². The largest absolute Gasteiger partial charge is 0.323 e. The van der Waals surface area contributed by atoms with Gasteiger partial charge in [-0.15, -0.1) is 11.3 Å². The maximum absolute atomic E-state index is 6.27. The number of hydrogen-bond acceptors (Lipinski definition) is 4. The second-order valence-corrected chi connectivity index (χ2v) is 5.98. The molecule has 2 N–H and O–H groups in total. The number of thiazole rings is 1. The average Bonchev–Trinajstić information content (AvgIpc) is 2.87. The Kier molecular flexibility index (Phi) is 4.19. The van der Waals surface area contributed by atoms with Crippen molar-refractivity contribution in [3.8, 4) is 0 Å². The lowest BCUT2D eigenvalue weighted by Crippen LogP contribution is -2.15. The fraction of sp³-hybridized carbons (Fsp3) is 0.500. The molecule has 2 heterocycles. The van der Waals surface area contributed by atoms with Crippen molar-refractivity contribution in [2.75, 3.05) is 0 Å². The summed E-state index contributed by atoms with van der Waals surface area (Å²) in [6, 6.07) is -0.0195. The molecule has 6 heteroatoms. The summed E-state index contributed by atoms with van der Waals surface area (Å²) >= 11 is 5.24. The molecular weight excluding hydrogens is 312 g/mol. The summed E-state index contributed by atoms with van der Waals surface area (Å²) in [4.78, 5) is 5.40. The maximum atomic E-state index is 6.27. The molecule has 1 atom stereocenters. The molecule has 0 aliphatic rings. The van der Waals surface area contributed by atoms with Gasteiger partial charge in [-0.25, -0.2) is 4.98 Å². The van der Waals surface area contributed by atoms with Crippen molar-refractivity contribution in [1.82, 2.24) is 14.8 Å². The highest BCUT2D eigenvalue weighted by molar-refractivity contribution is 9.10. The van der Waals surface area contributed by atoms with E-state index < -0.39 is 0 Å². The Hall–Kier alpha value is -0.720. The normalized spacial score (nSPS) is 12.9. The highest BCUT2D eigenvalue weighted by Crippen LogP contribution is 2.28. The van der Waals surface area contributed by atoms with Crippen LogP contribution < -0.4 is 5.73 Å². The van der Waals surface area contributed by atoms with Crippen LogP contribution in [0.15, 0.2) is 9.98 Å². The number of hydrogen-bond donors (Lipinski definition) is 1. The quantitative estimate of drug-likeness (QED) is 0.938. The Balaban J connectivity index is 2.24. The topological polar surface area (TPSA) is 56.7 Å². The maximum Gasteiger partial charge on any atom is 0.0798 e. The van der Waals surface area contributed by atoms with Crippen LogP contribution in [0.5, 0.6) is 0 Å². The summed E-state index contributed by atoms with van der Waals surface area (Å²) in [7, 11) is 1.96. The van der Waals surface area contributed by atoms with Crippen LogP contribution in [0.4, 0.5) is 0 Å². The lowest BCUT2D eigenvalue weighted by atomic mass is 10.1. The fourth-order valence-electron chi connectivity index (χ4n) is 2.01. The Bertz CT molecular complexity index is 546. The molecule has 0 radical (unpaired) electrons. The first-order chi connectivity index (χ1) is 8.54. The summed E-state index contributed by atoms with van der Waals surface area (Å²) in [5.74, 6) is 0. The first-order valence-electron chi connectivity index (χ1n) is 5.90. The van der Waals surface area contributed by atoms with E-state index in [4.69, 9.17) is 5.73 Å². The smallest absolute Gasteiger partial charge is 0.0798 e. The van der Waals surface area contributed by atoms with Gasteiger partial charge in [0.25, 0.3) is 0 Å². The van der Waals surface area contributed by atoms with Crippen LogP contribution in [0.1, 0.15) is 34.9 Å². The number of aromatic nitrogens is 3. The number of nitrogens with two attached hydrogens (primary N) is 1. The van der Waals surface area contributed by atoms with E-state index in [1.807, 2.05) is 24.2 Å². The van der Waals surface area contributed by atoms with E-state index >= 15 is 0 Å². The molecule has 98 valence electrons. The van der Waals surface area contributed by atoms with E-state index in [1.54, 1.807) is 11.3 Å². The summed E-state index contributed by atoms with van der Waals surface area (Å²) in [6.45, 7) is 4.10. The zero-order valence-electron chi connectivity index (χ0n) is 10.8. The van der Waals surface area contributed by atoms with Gasteiger partial charge in [0.2, 0.25) is 0 Å². The Morgan fingerprint density at radius 3 is 2.78 bits per heavy atom. The molecule has 0 saturated heterocycles. The molecule has 1 unspecified atom stereocenters. The monoisotopic (exact) mass is 328 g/mol. The Morgan fingerprint density at radius 1 is 1.56 bits per heavy atom. The molecule has 0 amide bonds. The molecule has 2 aromatic heterocycles. The van der Waals surface area contributed by atoms with Crippen LogP contribution in [0.3, 0.4) is 0 Å². The molecule has 2 aromatic rings. The number of rotatable bonds is 4. The van der Waals surface area contributed by atoms with E-state index in [1.165, 1.54) is 0 Å². The third kappa shape index (κ3) is 2.50. The van der Waals surface area contributed by atoms with Crippen LogP contribution in [0.2, 0.25) is 0 Å². The lowest BCUT2D eigenvalue weighted by Gasteiger charge is -2.11. The van der Waals surface area contributed by atoms with Gasteiger partial charge in [-0.1, -0.05) is 6.92 Å². The number of halogens is 1. The van der Waals surface area contributed by atoms with Gasteiger partial charge in [0.05, 0.1) is 27.1 Å². The van der Waals surface area contributed by atoms with E-state index in [0.29, 0.717) is 0 Å². The van der Waals surface area contributed by atoms with Crippen molar-refractivity contribution in [1.29, 1.82) is 0 Å². The van der Waals surface area contributed by atoms with Gasteiger partial charge in [0.1, 0.15) is 0 Å². The standard InChI is InChI=1S/C12H17BrN4S/c1-4-9-11(13)10(17(3)16-9)5-8(14)12-7(2)15-6-18-12/h6,8H,4-5,14H2,1-3H3. The minimum atomic E-state index is -0.0195. The van der Waals surface area contributed by atoms with Gasteiger partial charge in [-0.2, -0.15) is 5.10 Å². The summed E-state index contributed by atoms with van der Waals surface area (Å²) in [6.07, 6.45) is 1.69. The molecule has 0 fully saturated rings. The highest BCUT2D eigenvalue weighted by atomic mass is 79.9. The predicted molar refractivity (Wildman–Crippen MR) is 77.8 cm³/mol. The van der Waals surface area contributed by atoms with Crippen LogP contribution >= 0.6 is 27.3 Å². The third-order valence-corrected chi connectivity index (χ3v) is 5.01. The van der Waals surface area contributed by atoms with Crippen molar-refractivity contribution in [3.63, 3.8) is 0 Å². The highest BCUT2D eigenvalue weighted by Gasteiger charge is 2.18. The first kappa shape index (κ1) is 13.7. The SMILES string of the molecule is CCc1nn(C)c(CC(N)c2scnc2C)c1Br. The Morgan fingerprint density at radius 2 is 2.28 bits per heavy atom. The molecule has 0 spiro atoms. The van der Waals surface area contributed by atoms with Gasteiger partial charge < -0.3 is 5.73 Å². The molecule has 0 bridgehead atoms. The van der Waals surface area contributed by atoms with Crippen molar-refractivity contribution in [3.05, 3.63) is 31.9 Å². The van der Waals surface area contributed by atoms with Gasteiger partial charge in [-0.05, 0) is 29.3 Å². The molecule has 0 aliphatic carbocycles. The van der Waals surface area contributed by atoms with E-state index in [-0.39, 0.29) is 6.04 Å². The molecule has 0 saturated carbocycles. The minimum Gasteiger partial charge on any atom is -0.323 e. The zero-order chi connectivity index (χ0) is 13.3. The zero-order valence-corrected chi connectivity index (χ0v) is 13.2. The summed E-state index contributed by atoms with van der Waals surface area (Å²) in [5.41, 5.74) is 11.4. The van der Waals surface area contributed by atoms with Crippen LogP contribution in [0.25, 0.3) is 0 Å². The Labute approximate surface area is 119 Å². The van der Waals surface area contributed by atoms with Crippen molar-refractivity contribution >= 4 is 27.3 Å². The third-order valence-electron chi connectivity index (χ3n) is 3.04. The average molecular weight is 329 g/mol. The van der Waals surface area contributed by atoms with E-state index in [0.717, 1.165) is 39.3 Å². The molecule has 0 aliphatic heterocycles. The van der Waals surface area contributed by atoms with Crippen LogP contribution in [-0.2, 0) is 19.9 Å². The molecule has 0 aromatic carbocycles. The van der Waals surface area contributed by atoms with Crippen LogP contribution in [0, 0.1) is 6.92 Å². The lowest BCUT2D eigenvalue weighted by molar-refractivity contribution is 0.640. The summed E-state index contributed by atoms with van der Waals surface area (Å²) < 4.78 is 3.00. The number of nitrogens with zero attached hydrogens (tertiary/aromatic N) is 3. The predicted octanol–water partition coefficient (Wildman–Crippen LogP) is 2.75. The first-order valence-corrected chi connectivity index (χ1v) is 7.57. The van der Waals surface area contributed by atoms with Crippen molar-refractivity contribution in [2.24, 2.45) is 12.8 Å².